The molecule has 0 radical (unpaired) electrons. The van der Waals surface area contributed by atoms with Crippen LogP contribution < -0.4 is 5.32 Å². The van der Waals surface area contributed by atoms with Crippen molar-refractivity contribution in [1.29, 1.82) is 0 Å². The molecule has 0 amide bonds. The highest BCUT2D eigenvalue weighted by molar-refractivity contribution is 5.85. The maximum atomic E-state index is 12.7. The smallest absolute Gasteiger partial charge is 0.314 e. The Bertz CT molecular complexity index is 458. The number of halogens is 5. The van der Waals surface area contributed by atoms with Gasteiger partial charge in [0.05, 0.1) is 5.56 Å². The first-order valence-electron chi connectivity index (χ1n) is 8.00. The van der Waals surface area contributed by atoms with Crippen molar-refractivity contribution in [3.05, 3.63) is 35.4 Å². The van der Waals surface area contributed by atoms with E-state index in [1.165, 1.54) is 12.1 Å². The molecule has 1 atom stereocenters. The van der Waals surface area contributed by atoms with Crippen LogP contribution in [0.2, 0.25) is 0 Å². The van der Waals surface area contributed by atoms with E-state index in [0.29, 0.717) is 5.92 Å². The van der Waals surface area contributed by atoms with E-state index in [1.807, 2.05) is 0 Å². The SMILES string of the molecule is CC(C)CC[C@H](c1ccc(C(F)(F)F)cc1)N1CCNCC1.Cl.Cl. The van der Waals surface area contributed by atoms with Gasteiger partial charge in [-0.1, -0.05) is 26.0 Å². The van der Waals surface area contributed by atoms with Gasteiger partial charge in [-0.3, -0.25) is 4.90 Å². The normalized spacial score (nSPS) is 17.1. The molecule has 0 bridgehead atoms. The first-order valence-corrected chi connectivity index (χ1v) is 8.00. The average Bonchev–Trinajstić information content (AvgIpc) is 2.48. The maximum Gasteiger partial charge on any atom is 0.416 e. The predicted molar refractivity (Wildman–Crippen MR) is 97.2 cm³/mol. The summed E-state index contributed by atoms with van der Waals surface area (Å²) in [6.45, 7) is 8.15. The molecule has 1 fully saturated rings. The van der Waals surface area contributed by atoms with Crippen molar-refractivity contribution in [2.24, 2.45) is 5.92 Å². The zero-order valence-corrected chi connectivity index (χ0v) is 15.7. The fourth-order valence-corrected chi connectivity index (χ4v) is 2.94. The maximum absolute atomic E-state index is 12.7. The van der Waals surface area contributed by atoms with Gasteiger partial charge in [-0.15, -0.1) is 24.8 Å². The molecule has 7 heteroatoms. The molecule has 140 valence electrons. The van der Waals surface area contributed by atoms with Crippen LogP contribution >= 0.6 is 24.8 Å². The molecule has 1 aliphatic rings. The van der Waals surface area contributed by atoms with Crippen LogP contribution in [-0.4, -0.2) is 31.1 Å². The first kappa shape index (κ1) is 23.5. The lowest BCUT2D eigenvalue weighted by Gasteiger charge is -2.35. The van der Waals surface area contributed by atoms with Crippen molar-refractivity contribution in [1.82, 2.24) is 10.2 Å². The largest absolute Gasteiger partial charge is 0.416 e. The molecule has 0 unspecified atom stereocenters. The summed E-state index contributed by atoms with van der Waals surface area (Å²) in [6, 6.07) is 5.93. The summed E-state index contributed by atoms with van der Waals surface area (Å²) in [7, 11) is 0. The van der Waals surface area contributed by atoms with Crippen molar-refractivity contribution >= 4 is 24.8 Å². The number of hydrogen-bond acceptors (Lipinski definition) is 2. The molecule has 0 aromatic heterocycles. The Morgan fingerprint density at radius 1 is 1.00 bits per heavy atom. The Balaban J connectivity index is 0.00000264. The summed E-state index contributed by atoms with van der Waals surface area (Å²) in [5.74, 6) is 0.597. The Morgan fingerprint density at radius 3 is 2.00 bits per heavy atom. The van der Waals surface area contributed by atoms with Crippen LogP contribution in [0.5, 0.6) is 0 Å². The van der Waals surface area contributed by atoms with E-state index in [2.05, 4.69) is 24.1 Å². The highest BCUT2D eigenvalue weighted by Gasteiger charge is 2.30. The summed E-state index contributed by atoms with van der Waals surface area (Å²) in [6.07, 6.45) is -2.19. The number of benzene rings is 1. The molecule has 0 saturated carbocycles. The minimum atomic E-state index is -4.26. The number of hydrogen-bond donors (Lipinski definition) is 1. The van der Waals surface area contributed by atoms with Crippen molar-refractivity contribution < 1.29 is 13.2 Å². The monoisotopic (exact) mass is 386 g/mol. The molecule has 24 heavy (non-hydrogen) atoms. The average molecular weight is 387 g/mol. The van der Waals surface area contributed by atoms with E-state index in [-0.39, 0.29) is 30.9 Å². The van der Waals surface area contributed by atoms with E-state index in [4.69, 9.17) is 0 Å². The molecule has 1 aromatic rings. The van der Waals surface area contributed by atoms with Crippen LogP contribution in [0, 0.1) is 5.92 Å². The highest BCUT2D eigenvalue weighted by atomic mass is 35.5. The third-order valence-corrected chi connectivity index (χ3v) is 4.23. The Hall–Kier alpha value is -0.490. The first-order chi connectivity index (χ1) is 10.4. The number of nitrogens with zero attached hydrogens (tertiary/aromatic N) is 1. The van der Waals surface area contributed by atoms with E-state index >= 15 is 0 Å². The van der Waals surface area contributed by atoms with Gasteiger partial charge in [-0.05, 0) is 36.5 Å². The minimum Gasteiger partial charge on any atom is -0.314 e. The van der Waals surface area contributed by atoms with Crippen LogP contribution in [0.25, 0.3) is 0 Å². The van der Waals surface area contributed by atoms with Gasteiger partial charge in [-0.2, -0.15) is 13.2 Å². The Labute approximate surface area is 155 Å². The molecule has 1 heterocycles. The zero-order chi connectivity index (χ0) is 16.2. The fraction of sp³-hybridized carbons (Fsp3) is 0.647. The lowest BCUT2D eigenvalue weighted by molar-refractivity contribution is -0.137. The number of rotatable bonds is 5. The van der Waals surface area contributed by atoms with Crippen LogP contribution in [0.1, 0.15) is 43.9 Å². The highest BCUT2D eigenvalue weighted by Crippen LogP contribution is 2.32. The third-order valence-electron chi connectivity index (χ3n) is 4.23. The molecule has 1 saturated heterocycles. The Morgan fingerprint density at radius 2 is 1.54 bits per heavy atom. The number of piperazine rings is 1. The van der Waals surface area contributed by atoms with Gasteiger partial charge in [0.1, 0.15) is 0 Å². The molecule has 1 aliphatic heterocycles. The van der Waals surface area contributed by atoms with Crippen molar-refractivity contribution in [3.8, 4) is 0 Å². The summed E-state index contributed by atoms with van der Waals surface area (Å²) in [5, 5.41) is 3.32. The molecular formula is C17H27Cl2F3N2. The van der Waals surface area contributed by atoms with E-state index in [9.17, 15) is 13.2 Å². The van der Waals surface area contributed by atoms with E-state index in [1.54, 1.807) is 12.1 Å². The molecule has 0 spiro atoms. The van der Waals surface area contributed by atoms with Crippen molar-refractivity contribution in [2.75, 3.05) is 26.2 Å². The van der Waals surface area contributed by atoms with Crippen molar-refractivity contribution in [2.45, 2.75) is 38.9 Å². The van der Waals surface area contributed by atoms with Gasteiger partial charge in [0, 0.05) is 32.2 Å². The third kappa shape index (κ3) is 6.79. The van der Waals surface area contributed by atoms with Crippen molar-refractivity contribution in [3.63, 3.8) is 0 Å². The molecule has 0 aliphatic carbocycles. The van der Waals surface area contributed by atoms with E-state index < -0.39 is 11.7 Å². The molecule has 2 rings (SSSR count). The predicted octanol–water partition coefficient (Wildman–Crippen LogP) is 4.93. The van der Waals surface area contributed by atoms with Gasteiger partial charge in [0.2, 0.25) is 0 Å². The van der Waals surface area contributed by atoms with E-state index in [0.717, 1.165) is 44.6 Å². The minimum absolute atomic E-state index is 0. The summed E-state index contributed by atoms with van der Waals surface area (Å²) in [4.78, 5) is 2.39. The van der Waals surface area contributed by atoms with Crippen LogP contribution in [-0.2, 0) is 6.18 Å². The number of nitrogens with one attached hydrogen (secondary N) is 1. The fourth-order valence-electron chi connectivity index (χ4n) is 2.94. The molecule has 1 N–H and O–H groups in total. The second kappa shape index (κ2) is 10.5. The van der Waals surface area contributed by atoms with Gasteiger partial charge in [0.25, 0.3) is 0 Å². The van der Waals surface area contributed by atoms with Gasteiger partial charge < -0.3 is 5.32 Å². The van der Waals surface area contributed by atoms with Gasteiger partial charge >= 0.3 is 6.18 Å². The molecule has 1 aromatic carbocycles. The van der Waals surface area contributed by atoms with Crippen LogP contribution in [0.3, 0.4) is 0 Å². The molecular weight excluding hydrogens is 360 g/mol. The van der Waals surface area contributed by atoms with Gasteiger partial charge in [0.15, 0.2) is 0 Å². The lowest BCUT2D eigenvalue weighted by Crippen LogP contribution is -2.45. The summed E-state index contributed by atoms with van der Waals surface area (Å²) in [5.41, 5.74) is 0.426. The standard InChI is InChI=1S/C17H25F3N2.2ClH/c1-13(2)3-8-16(22-11-9-21-10-12-22)14-4-6-15(7-5-14)17(18,19)20;;/h4-7,13,16,21H,3,8-12H2,1-2H3;2*1H/t16-;;/m1../s1. The summed E-state index contributed by atoms with van der Waals surface area (Å²) < 4.78 is 38.1. The van der Waals surface area contributed by atoms with Crippen LogP contribution in [0.4, 0.5) is 13.2 Å². The second-order valence-electron chi connectivity index (χ2n) is 6.39. The lowest BCUT2D eigenvalue weighted by atomic mass is 9.95. The van der Waals surface area contributed by atoms with Crippen LogP contribution in [0.15, 0.2) is 24.3 Å². The summed E-state index contributed by atoms with van der Waals surface area (Å²) >= 11 is 0. The molecule has 2 nitrogen and oxygen atoms in total. The quantitative estimate of drug-likeness (QED) is 0.771. The van der Waals surface area contributed by atoms with Gasteiger partial charge in [-0.25, -0.2) is 0 Å². The number of alkyl halides is 3. The zero-order valence-electron chi connectivity index (χ0n) is 14.1. The second-order valence-corrected chi connectivity index (χ2v) is 6.39. The topological polar surface area (TPSA) is 15.3 Å². The Kier molecular flexibility index (Phi) is 10.3.